The average molecular weight is 323 g/mol. The summed E-state index contributed by atoms with van der Waals surface area (Å²) in [5.74, 6) is 0. The molecule has 0 amide bonds. The fraction of sp³-hybridized carbons (Fsp3) is 0.0714. The normalized spacial score (nSPS) is 12.3. The minimum absolute atomic E-state index is 0.00524. The van der Waals surface area contributed by atoms with Gasteiger partial charge in [-0.3, -0.25) is 9.78 Å². The Morgan fingerprint density at radius 2 is 2.09 bits per heavy atom. The lowest BCUT2D eigenvalue weighted by molar-refractivity contribution is -0.141. The largest absolute Gasteiger partial charge is 0.432 e. The summed E-state index contributed by atoms with van der Waals surface area (Å²) in [5.41, 5.74) is -0.673. The first-order valence-corrected chi connectivity index (χ1v) is 7.00. The first-order valence-electron chi connectivity index (χ1n) is 6.12. The molecule has 0 N–H and O–H groups in total. The maximum Gasteiger partial charge on any atom is 0.432 e. The van der Waals surface area contributed by atoms with Crippen LogP contribution in [0, 0.1) is 0 Å². The molecule has 0 unspecified atom stereocenters. The van der Waals surface area contributed by atoms with Crippen molar-refractivity contribution in [3.63, 3.8) is 0 Å². The van der Waals surface area contributed by atoms with Crippen LogP contribution in [0.25, 0.3) is 17.1 Å². The number of pyridine rings is 1. The molecule has 0 spiro atoms. The minimum atomic E-state index is -4.59. The fourth-order valence-electron chi connectivity index (χ4n) is 1.88. The lowest BCUT2D eigenvalue weighted by Crippen LogP contribution is -2.20. The number of alkyl halides is 3. The first-order chi connectivity index (χ1) is 10.4. The third-order valence-corrected chi connectivity index (χ3v) is 3.67. The highest BCUT2D eigenvalue weighted by Gasteiger charge is 2.35. The van der Waals surface area contributed by atoms with Crippen LogP contribution in [0.15, 0.2) is 40.8 Å². The molecule has 0 saturated carbocycles. The van der Waals surface area contributed by atoms with E-state index in [0.29, 0.717) is 10.1 Å². The Bertz CT molecular complexity index is 897. The van der Waals surface area contributed by atoms with Crippen molar-refractivity contribution in [2.24, 2.45) is 0 Å². The van der Waals surface area contributed by atoms with Gasteiger partial charge in [-0.1, -0.05) is 12.1 Å². The molecule has 3 aromatic rings. The van der Waals surface area contributed by atoms with Gasteiger partial charge in [0.25, 0.3) is 5.56 Å². The zero-order valence-electron chi connectivity index (χ0n) is 10.9. The summed E-state index contributed by atoms with van der Waals surface area (Å²) in [4.78, 5) is 19.9. The first kappa shape index (κ1) is 14.5. The number of hydrogen-bond acceptors (Lipinski definition) is 4. The number of halogens is 3. The van der Waals surface area contributed by atoms with E-state index < -0.39 is 17.4 Å². The molecule has 0 aliphatic heterocycles. The van der Waals surface area contributed by atoms with Gasteiger partial charge in [-0.15, -0.1) is 11.3 Å². The Morgan fingerprint density at radius 3 is 2.77 bits per heavy atom. The van der Waals surface area contributed by atoms with Crippen LogP contribution in [-0.2, 0) is 6.18 Å². The Labute approximate surface area is 126 Å². The molecule has 0 atom stereocenters. The second-order valence-electron chi connectivity index (χ2n) is 4.38. The highest BCUT2D eigenvalue weighted by molar-refractivity contribution is 7.15. The lowest BCUT2D eigenvalue weighted by Gasteiger charge is -2.05. The summed E-state index contributed by atoms with van der Waals surface area (Å²) < 4.78 is 39.0. The van der Waals surface area contributed by atoms with Crippen LogP contribution >= 0.6 is 11.3 Å². The van der Waals surface area contributed by atoms with Crippen LogP contribution in [0.2, 0.25) is 0 Å². The molecular weight excluding hydrogens is 315 g/mol. The highest BCUT2D eigenvalue weighted by atomic mass is 32.1. The van der Waals surface area contributed by atoms with Crippen molar-refractivity contribution in [3.05, 3.63) is 63.3 Å². The third-order valence-electron chi connectivity index (χ3n) is 2.85. The van der Waals surface area contributed by atoms with Gasteiger partial charge in [-0.05, 0) is 17.7 Å². The van der Waals surface area contributed by atoms with Crippen LogP contribution in [0.1, 0.15) is 17.0 Å². The summed E-state index contributed by atoms with van der Waals surface area (Å²) >= 11 is 0.776. The molecule has 0 aromatic carbocycles. The molecule has 0 aliphatic rings. The zero-order valence-corrected chi connectivity index (χ0v) is 11.7. The maximum atomic E-state index is 12.8. The van der Waals surface area contributed by atoms with Crippen molar-refractivity contribution in [2.75, 3.05) is 0 Å². The van der Waals surface area contributed by atoms with Crippen molar-refractivity contribution in [1.29, 1.82) is 0 Å². The number of nitrogens with zero attached hydrogens (tertiary/aromatic N) is 3. The van der Waals surface area contributed by atoms with Crippen molar-refractivity contribution < 1.29 is 13.2 Å². The second kappa shape index (κ2) is 5.38. The summed E-state index contributed by atoms with van der Waals surface area (Å²) in [5, 5.41) is 0.887. The second-order valence-corrected chi connectivity index (χ2v) is 5.21. The van der Waals surface area contributed by atoms with E-state index in [4.69, 9.17) is 0 Å². The zero-order chi connectivity index (χ0) is 15.7. The number of thiazole rings is 1. The number of fused-ring (bicyclic) bond motifs is 1. The van der Waals surface area contributed by atoms with Crippen LogP contribution in [0.4, 0.5) is 13.2 Å². The quantitative estimate of drug-likeness (QED) is 0.727. The van der Waals surface area contributed by atoms with E-state index in [1.165, 1.54) is 0 Å². The molecule has 3 rings (SSSR count). The molecule has 112 valence electrons. The smallest absolute Gasteiger partial charge is 0.269 e. The van der Waals surface area contributed by atoms with E-state index in [0.717, 1.165) is 28.3 Å². The SMILES string of the molecule is O=c1cc(/C=C/c2cccnc2)nc2scc(C(F)(F)F)n12. The maximum absolute atomic E-state index is 12.8. The van der Waals surface area contributed by atoms with Crippen LogP contribution < -0.4 is 5.56 Å². The van der Waals surface area contributed by atoms with E-state index in [1.807, 2.05) is 6.07 Å². The molecule has 0 aliphatic carbocycles. The number of hydrogen-bond donors (Lipinski definition) is 0. The van der Waals surface area contributed by atoms with Gasteiger partial charge in [-0.2, -0.15) is 13.2 Å². The van der Waals surface area contributed by atoms with E-state index in [1.54, 1.807) is 30.6 Å². The standard InChI is InChI=1S/C14H8F3N3OS/c15-14(16,17)11-8-22-13-19-10(6-12(21)20(11)13)4-3-9-2-1-5-18-7-9/h1-8H/b4-3+. The van der Waals surface area contributed by atoms with Gasteiger partial charge < -0.3 is 0 Å². The van der Waals surface area contributed by atoms with E-state index in [2.05, 4.69) is 9.97 Å². The van der Waals surface area contributed by atoms with Crippen molar-refractivity contribution in [3.8, 4) is 0 Å². The molecule has 3 aromatic heterocycles. The Morgan fingerprint density at radius 1 is 1.27 bits per heavy atom. The molecule has 0 saturated heterocycles. The van der Waals surface area contributed by atoms with Gasteiger partial charge in [0.1, 0.15) is 5.69 Å². The topological polar surface area (TPSA) is 47.3 Å². The predicted octanol–water partition coefficient (Wildman–Crippen LogP) is 3.34. The monoisotopic (exact) mass is 323 g/mol. The van der Waals surface area contributed by atoms with Crippen molar-refractivity contribution in [1.82, 2.24) is 14.4 Å². The van der Waals surface area contributed by atoms with Gasteiger partial charge in [-0.25, -0.2) is 9.38 Å². The summed E-state index contributed by atoms with van der Waals surface area (Å²) in [6.07, 6.45) is 1.90. The van der Waals surface area contributed by atoms with Crippen LogP contribution in [0.3, 0.4) is 0 Å². The van der Waals surface area contributed by atoms with Gasteiger partial charge >= 0.3 is 6.18 Å². The van der Waals surface area contributed by atoms with Gasteiger partial charge in [0.2, 0.25) is 0 Å². The van der Waals surface area contributed by atoms with E-state index in [-0.39, 0.29) is 4.96 Å². The van der Waals surface area contributed by atoms with Gasteiger partial charge in [0, 0.05) is 23.8 Å². The van der Waals surface area contributed by atoms with Crippen LogP contribution in [-0.4, -0.2) is 14.4 Å². The van der Waals surface area contributed by atoms with Crippen molar-refractivity contribution >= 4 is 28.4 Å². The van der Waals surface area contributed by atoms with Gasteiger partial charge in [0.05, 0.1) is 5.69 Å². The summed E-state index contributed by atoms with van der Waals surface area (Å²) in [6.45, 7) is 0. The van der Waals surface area contributed by atoms with Crippen molar-refractivity contribution in [2.45, 2.75) is 6.18 Å². The molecule has 8 heteroatoms. The molecular formula is C14H8F3N3OS. The Hall–Kier alpha value is -2.48. The number of rotatable bonds is 2. The summed E-state index contributed by atoms with van der Waals surface area (Å²) in [7, 11) is 0. The predicted molar refractivity (Wildman–Crippen MR) is 77.5 cm³/mol. The highest BCUT2D eigenvalue weighted by Crippen LogP contribution is 2.31. The van der Waals surface area contributed by atoms with Crippen LogP contribution in [0.5, 0.6) is 0 Å². The Balaban J connectivity index is 2.04. The molecule has 3 heterocycles. The third kappa shape index (κ3) is 2.77. The molecule has 22 heavy (non-hydrogen) atoms. The lowest BCUT2D eigenvalue weighted by atomic mass is 10.2. The van der Waals surface area contributed by atoms with Gasteiger partial charge in [0.15, 0.2) is 4.96 Å². The van der Waals surface area contributed by atoms with E-state index >= 15 is 0 Å². The number of aromatic nitrogens is 3. The fourth-order valence-corrected chi connectivity index (χ4v) is 2.78. The minimum Gasteiger partial charge on any atom is -0.269 e. The molecule has 4 nitrogen and oxygen atoms in total. The average Bonchev–Trinajstić information content (AvgIpc) is 2.91. The summed E-state index contributed by atoms with van der Waals surface area (Å²) in [6, 6.07) is 4.63. The molecule has 0 radical (unpaired) electrons. The Kier molecular flexibility index (Phi) is 3.53. The molecule has 0 fully saturated rings. The molecule has 0 bridgehead atoms. The van der Waals surface area contributed by atoms with E-state index in [9.17, 15) is 18.0 Å².